The van der Waals surface area contributed by atoms with Crippen LogP contribution in [0.15, 0.2) is 12.2 Å². The number of unbranched alkanes of at least 4 members (excludes halogenated alkanes) is 6. The number of amides is 1. The molecule has 2 heteroatoms. The second-order valence-electron chi connectivity index (χ2n) is 4.16. The zero-order valence-electron chi connectivity index (χ0n) is 10.3. The van der Waals surface area contributed by atoms with Gasteiger partial charge in [-0.2, -0.15) is 0 Å². The molecule has 0 aromatic carbocycles. The Morgan fingerprint density at radius 2 is 1.60 bits per heavy atom. The van der Waals surface area contributed by atoms with Gasteiger partial charge in [-0.1, -0.05) is 52.0 Å². The van der Waals surface area contributed by atoms with Crippen molar-refractivity contribution < 1.29 is 4.79 Å². The summed E-state index contributed by atoms with van der Waals surface area (Å²) in [5.74, 6) is -0.0130. The number of hydrogen-bond donors (Lipinski definition) is 1. The highest BCUT2D eigenvalue weighted by atomic mass is 16.1. The first-order chi connectivity index (χ1) is 7.18. The second kappa shape index (κ2) is 9.75. The molecule has 0 heterocycles. The van der Waals surface area contributed by atoms with Crippen LogP contribution in [-0.2, 0) is 4.79 Å². The number of rotatable bonds is 9. The van der Waals surface area contributed by atoms with Gasteiger partial charge in [-0.3, -0.25) is 4.79 Å². The Morgan fingerprint density at radius 3 is 2.13 bits per heavy atom. The van der Waals surface area contributed by atoms with Crippen LogP contribution in [0.4, 0.5) is 0 Å². The van der Waals surface area contributed by atoms with Crippen LogP contribution < -0.4 is 5.32 Å². The molecule has 0 unspecified atom stereocenters. The summed E-state index contributed by atoms with van der Waals surface area (Å²) < 4.78 is 0. The van der Waals surface area contributed by atoms with Crippen molar-refractivity contribution >= 4 is 5.91 Å². The molecule has 0 bridgehead atoms. The van der Waals surface area contributed by atoms with Crippen LogP contribution in [0.5, 0.6) is 0 Å². The topological polar surface area (TPSA) is 29.1 Å². The minimum absolute atomic E-state index is 0.0130. The fraction of sp³-hybridized carbons (Fsp3) is 0.769. The van der Waals surface area contributed by atoms with Crippen LogP contribution in [0.25, 0.3) is 0 Å². The molecule has 0 radical (unpaired) electrons. The lowest BCUT2D eigenvalue weighted by atomic mass is 10.1. The molecule has 0 saturated carbocycles. The lowest BCUT2D eigenvalue weighted by Gasteiger charge is -2.04. The van der Waals surface area contributed by atoms with Crippen LogP contribution in [0, 0.1) is 0 Å². The molecule has 0 aliphatic rings. The van der Waals surface area contributed by atoms with Gasteiger partial charge in [-0.05, 0) is 13.3 Å². The molecule has 15 heavy (non-hydrogen) atoms. The monoisotopic (exact) mass is 211 g/mol. The van der Waals surface area contributed by atoms with Crippen LogP contribution in [0.2, 0.25) is 0 Å². The molecule has 0 aliphatic heterocycles. The summed E-state index contributed by atoms with van der Waals surface area (Å²) in [6.07, 6.45) is 8.95. The average molecular weight is 211 g/mol. The van der Waals surface area contributed by atoms with Gasteiger partial charge in [0.15, 0.2) is 0 Å². The van der Waals surface area contributed by atoms with Crippen LogP contribution in [0.3, 0.4) is 0 Å². The number of carbonyl (C=O) groups excluding carboxylic acids is 1. The van der Waals surface area contributed by atoms with E-state index in [1.807, 2.05) is 0 Å². The van der Waals surface area contributed by atoms with Gasteiger partial charge in [0.1, 0.15) is 0 Å². The van der Waals surface area contributed by atoms with Crippen molar-refractivity contribution in [2.24, 2.45) is 0 Å². The predicted octanol–water partition coefficient (Wildman–Crippen LogP) is 3.43. The number of hydrogen-bond acceptors (Lipinski definition) is 1. The predicted molar refractivity (Wildman–Crippen MR) is 65.8 cm³/mol. The van der Waals surface area contributed by atoms with E-state index < -0.39 is 0 Å². The van der Waals surface area contributed by atoms with E-state index in [4.69, 9.17) is 0 Å². The fourth-order valence-electron chi connectivity index (χ4n) is 1.43. The third-order valence-corrected chi connectivity index (χ3v) is 2.45. The summed E-state index contributed by atoms with van der Waals surface area (Å²) in [5, 5.41) is 2.85. The highest BCUT2D eigenvalue weighted by Crippen LogP contribution is 2.06. The molecule has 0 saturated heterocycles. The molecule has 0 aromatic rings. The van der Waals surface area contributed by atoms with Crippen molar-refractivity contribution in [2.45, 2.75) is 58.8 Å². The molecular weight excluding hydrogens is 186 g/mol. The van der Waals surface area contributed by atoms with E-state index in [0.717, 1.165) is 13.0 Å². The molecule has 88 valence electrons. The molecule has 0 aromatic heterocycles. The van der Waals surface area contributed by atoms with Crippen molar-refractivity contribution in [1.82, 2.24) is 5.32 Å². The van der Waals surface area contributed by atoms with Gasteiger partial charge in [0.05, 0.1) is 0 Å². The highest BCUT2D eigenvalue weighted by Gasteiger charge is 1.98. The average Bonchev–Trinajstić information content (AvgIpc) is 2.21. The summed E-state index contributed by atoms with van der Waals surface area (Å²) in [6.45, 7) is 8.35. The Kier molecular flexibility index (Phi) is 9.24. The SMILES string of the molecule is C=C(C)C(=O)NCCCCCCCCC. The van der Waals surface area contributed by atoms with Crippen molar-refractivity contribution in [3.63, 3.8) is 0 Å². The van der Waals surface area contributed by atoms with Gasteiger partial charge in [0.2, 0.25) is 5.91 Å². The summed E-state index contributed by atoms with van der Waals surface area (Å²) in [4.78, 5) is 11.1. The van der Waals surface area contributed by atoms with Gasteiger partial charge in [-0.25, -0.2) is 0 Å². The van der Waals surface area contributed by atoms with Crippen LogP contribution in [-0.4, -0.2) is 12.5 Å². The molecule has 0 fully saturated rings. The molecule has 1 amide bonds. The highest BCUT2D eigenvalue weighted by molar-refractivity contribution is 5.91. The van der Waals surface area contributed by atoms with Crippen LogP contribution in [0.1, 0.15) is 58.8 Å². The van der Waals surface area contributed by atoms with Gasteiger partial charge in [0, 0.05) is 12.1 Å². The summed E-state index contributed by atoms with van der Waals surface area (Å²) in [5.41, 5.74) is 0.595. The third-order valence-electron chi connectivity index (χ3n) is 2.45. The number of carbonyl (C=O) groups is 1. The summed E-state index contributed by atoms with van der Waals surface area (Å²) >= 11 is 0. The standard InChI is InChI=1S/C13H25NO/c1-4-5-6-7-8-9-10-11-14-13(15)12(2)3/h2,4-11H2,1,3H3,(H,14,15). The quantitative estimate of drug-likeness (QED) is 0.459. The van der Waals surface area contributed by atoms with E-state index in [2.05, 4.69) is 18.8 Å². The van der Waals surface area contributed by atoms with E-state index in [9.17, 15) is 4.79 Å². The first-order valence-corrected chi connectivity index (χ1v) is 6.12. The van der Waals surface area contributed by atoms with Crippen molar-refractivity contribution in [2.75, 3.05) is 6.54 Å². The first kappa shape index (κ1) is 14.2. The van der Waals surface area contributed by atoms with E-state index >= 15 is 0 Å². The van der Waals surface area contributed by atoms with E-state index in [0.29, 0.717) is 5.57 Å². The zero-order chi connectivity index (χ0) is 11.5. The van der Waals surface area contributed by atoms with Gasteiger partial charge < -0.3 is 5.32 Å². The maximum absolute atomic E-state index is 11.1. The Bertz CT molecular complexity index is 187. The molecule has 2 nitrogen and oxygen atoms in total. The molecule has 0 spiro atoms. The van der Waals surface area contributed by atoms with Gasteiger partial charge in [0.25, 0.3) is 0 Å². The second-order valence-corrected chi connectivity index (χ2v) is 4.16. The third kappa shape index (κ3) is 9.51. The van der Waals surface area contributed by atoms with Crippen LogP contribution >= 0.6 is 0 Å². The van der Waals surface area contributed by atoms with E-state index in [1.165, 1.54) is 38.5 Å². The molecule has 0 aliphatic carbocycles. The smallest absolute Gasteiger partial charge is 0.246 e. The Hall–Kier alpha value is -0.790. The van der Waals surface area contributed by atoms with Gasteiger partial charge in [-0.15, -0.1) is 0 Å². The largest absolute Gasteiger partial charge is 0.352 e. The molecule has 0 rings (SSSR count). The maximum Gasteiger partial charge on any atom is 0.246 e. The Balaban J connectivity index is 3.11. The molecule has 1 N–H and O–H groups in total. The zero-order valence-corrected chi connectivity index (χ0v) is 10.3. The minimum atomic E-state index is -0.0130. The van der Waals surface area contributed by atoms with E-state index in [1.54, 1.807) is 6.92 Å². The van der Waals surface area contributed by atoms with Crippen molar-refractivity contribution in [3.8, 4) is 0 Å². The Morgan fingerprint density at radius 1 is 1.07 bits per heavy atom. The first-order valence-electron chi connectivity index (χ1n) is 6.12. The molecule has 0 atom stereocenters. The van der Waals surface area contributed by atoms with Gasteiger partial charge >= 0.3 is 0 Å². The Labute approximate surface area is 94.1 Å². The summed E-state index contributed by atoms with van der Waals surface area (Å²) in [7, 11) is 0. The molecular formula is C13H25NO. The van der Waals surface area contributed by atoms with Crippen molar-refractivity contribution in [1.29, 1.82) is 0 Å². The fourth-order valence-corrected chi connectivity index (χ4v) is 1.43. The minimum Gasteiger partial charge on any atom is -0.352 e. The normalized spacial score (nSPS) is 10.0. The van der Waals surface area contributed by atoms with Crippen molar-refractivity contribution in [3.05, 3.63) is 12.2 Å². The van der Waals surface area contributed by atoms with E-state index in [-0.39, 0.29) is 5.91 Å². The maximum atomic E-state index is 11.1. The lowest BCUT2D eigenvalue weighted by molar-refractivity contribution is -0.117. The number of nitrogens with one attached hydrogen (secondary N) is 1. The lowest BCUT2D eigenvalue weighted by Crippen LogP contribution is -2.24. The summed E-state index contributed by atoms with van der Waals surface area (Å²) in [6, 6.07) is 0.